The lowest BCUT2D eigenvalue weighted by atomic mass is 9.51. The third-order valence-corrected chi connectivity index (χ3v) is 10.9. The van der Waals surface area contributed by atoms with Gasteiger partial charge in [0.1, 0.15) is 5.75 Å². The number of hydrogen-bond donors (Lipinski definition) is 1. The van der Waals surface area contributed by atoms with E-state index in [0.717, 1.165) is 30.1 Å². The minimum Gasteiger partial charge on any atom is -0.508 e. The quantitative estimate of drug-likeness (QED) is 0.430. The number of aromatic hydroxyl groups is 1. The van der Waals surface area contributed by atoms with E-state index < -0.39 is 0 Å². The van der Waals surface area contributed by atoms with Gasteiger partial charge in [-0.1, -0.05) is 87.6 Å². The van der Waals surface area contributed by atoms with E-state index in [0.29, 0.717) is 11.2 Å². The van der Waals surface area contributed by atoms with Crippen molar-refractivity contribution in [2.45, 2.75) is 102 Å². The fourth-order valence-corrected chi connectivity index (χ4v) is 9.44. The molecule has 6 rings (SSSR count). The average molecular weight is 483 g/mol. The first kappa shape index (κ1) is 24.3. The lowest BCUT2D eigenvalue weighted by molar-refractivity contribution is -0.00558. The monoisotopic (exact) mass is 482 g/mol. The van der Waals surface area contributed by atoms with Crippen LogP contribution in [0.5, 0.6) is 5.75 Å². The molecule has 2 aromatic rings. The maximum atomic E-state index is 11.0. The van der Waals surface area contributed by atoms with Crippen LogP contribution in [0.1, 0.15) is 107 Å². The van der Waals surface area contributed by atoms with Gasteiger partial charge < -0.3 is 5.11 Å². The van der Waals surface area contributed by atoms with Crippen LogP contribution in [-0.2, 0) is 11.8 Å². The normalized spacial score (nSPS) is 33.8. The summed E-state index contributed by atoms with van der Waals surface area (Å²) in [4.78, 5) is 0. The molecule has 36 heavy (non-hydrogen) atoms. The molecule has 0 radical (unpaired) electrons. The molecular formula is C35H46O. The molecule has 5 atom stereocenters. The lowest BCUT2D eigenvalue weighted by Crippen LogP contribution is -2.45. The third kappa shape index (κ3) is 4.46. The van der Waals surface area contributed by atoms with Crippen LogP contribution in [-0.4, -0.2) is 5.11 Å². The predicted molar refractivity (Wildman–Crippen MR) is 150 cm³/mol. The lowest BCUT2D eigenvalue weighted by Gasteiger charge is -2.54. The molecule has 0 amide bonds. The van der Waals surface area contributed by atoms with Crippen LogP contribution < -0.4 is 0 Å². The number of rotatable bonds is 4. The van der Waals surface area contributed by atoms with E-state index in [9.17, 15) is 5.11 Å². The van der Waals surface area contributed by atoms with E-state index in [-0.39, 0.29) is 5.41 Å². The van der Waals surface area contributed by atoms with Crippen molar-refractivity contribution in [3.8, 4) is 5.75 Å². The fraction of sp³-hybridized carbons (Fsp3) is 0.600. The molecule has 4 aliphatic rings. The van der Waals surface area contributed by atoms with E-state index >= 15 is 0 Å². The number of phenols is 1. The Morgan fingerprint density at radius 1 is 0.833 bits per heavy atom. The number of allylic oxidation sites excluding steroid dienone is 2. The van der Waals surface area contributed by atoms with Gasteiger partial charge in [-0.15, -0.1) is 0 Å². The van der Waals surface area contributed by atoms with Gasteiger partial charge >= 0.3 is 0 Å². The number of hydrogen-bond acceptors (Lipinski definition) is 1. The molecule has 1 nitrogen and oxygen atoms in total. The van der Waals surface area contributed by atoms with Gasteiger partial charge in [-0.2, -0.15) is 0 Å². The Bertz CT molecular complexity index is 1060. The van der Waals surface area contributed by atoms with Crippen molar-refractivity contribution in [3.63, 3.8) is 0 Å². The Hall–Kier alpha value is -2.02. The van der Waals surface area contributed by atoms with E-state index in [4.69, 9.17) is 0 Å². The SMILES string of the molecule is CC1CC=CC2(CCCC3C(Cc4cc(O)cc(C5(c6ccccc6)CCCCC5)c4)CCCC32)C1. The molecule has 4 aliphatic carbocycles. The molecule has 0 bridgehead atoms. The Morgan fingerprint density at radius 2 is 1.67 bits per heavy atom. The highest BCUT2D eigenvalue weighted by atomic mass is 16.3. The summed E-state index contributed by atoms with van der Waals surface area (Å²) in [5.74, 6) is 3.80. The van der Waals surface area contributed by atoms with Crippen molar-refractivity contribution < 1.29 is 5.11 Å². The molecule has 2 aromatic carbocycles. The van der Waals surface area contributed by atoms with E-state index in [2.05, 4.69) is 67.6 Å². The summed E-state index contributed by atoms with van der Waals surface area (Å²) in [5.41, 5.74) is 4.71. The van der Waals surface area contributed by atoms with Crippen LogP contribution in [0.3, 0.4) is 0 Å². The molecule has 0 aliphatic heterocycles. The summed E-state index contributed by atoms with van der Waals surface area (Å²) in [5, 5.41) is 11.0. The molecule has 3 saturated carbocycles. The second-order valence-electron chi connectivity index (χ2n) is 13.1. The highest BCUT2D eigenvalue weighted by Gasteiger charge is 2.48. The van der Waals surface area contributed by atoms with E-state index in [1.807, 2.05) is 0 Å². The minimum atomic E-state index is 0.0556. The smallest absolute Gasteiger partial charge is 0.116 e. The molecule has 192 valence electrons. The molecule has 0 saturated heterocycles. The highest BCUT2D eigenvalue weighted by molar-refractivity contribution is 5.45. The zero-order valence-electron chi connectivity index (χ0n) is 22.4. The van der Waals surface area contributed by atoms with E-state index in [1.165, 1.54) is 100 Å². The topological polar surface area (TPSA) is 20.2 Å². The number of phenolic OH excluding ortho intramolecular Hbond substituents is 1. The molecular weight excluding hydrogens is 436 g/mol. The van der Waals surface area contributed by atoms with Crippen molar-refractivity contribution in [2.75, 3.05) is 0 Å². The van der Waals surface area contributed by atoms with Crippen molar-refractivity contribution in [2.24, 2.45) is 29.1 Å². The maximum absolute atomic E-state index is 11.0. The first-order valence-corrected chi connectivity index (χ1v) is 15.1. The van der Waals surface area contributed by atoms with E-state index in [1.54, 1.807) is 0 Å². The Balaban J connectivity index is 1.30. The first-order chi connectivity index (χ1) is 17.6. The summed E-state index contributed by atoms with van der Waals surface area (Å²) < 4.78 is 0. The summed E-state index contributed by atoms with van der Waals surface area (Å²) >= 11 is 0. The van der Waals surface area contributed by atoms with Crippen molar-refractivity contribution in [1.29, 1.82) is 0 Å². The number of fused-ring (bicyclic) bond motifs is 2. The van der Waals surface area contributed by atoms with Crippen LogP contribution in [0.25, 0.3) is 0 Å². The molecule has 1 heteroatoms. The van der Waals surface area contributed by atoms with Gasteiger partial charge in [-0.3, -0.25) is 0 Å². The zero-order valence-corrected chi connectivity index (χ0v) is 22.4. The van der Waals surface area contributed by atoms with Crippen LogP contribution in [0, 0.1) is 29.1 Å². The second kappa shape index (κ2) is 10.0. The maximum Gasteiger partial charge on any atom is 0.116 e. The Labute approximate surface area is 219 Å². The Morgan fingerprint density at radius 3 is 2.47 bits per heavy atom. The zero-order chi connectivity index (χ0) is 24.6. The van der Waals surface area contributed by atoms with Crippen molar-refractivity contribution >= 4 is 0 Å². The molecule has 5 unspecified atom stereocenters. The molecule has 1 spiro atoms. The highest BCUT2D eigenvalue weighted by Crippen LogP contribution is 2.58. The number of benzene rings is 2. The van der Waals surface area contributed by atoms with Crippen LogP contribution >= 0.6 is 0 Å². The Kier molecular flexibility index (Phi) is 6.78. The predicted octanol–water partition coefficient (Wildman–Crippen LogP) is 9.37. The molecule has 3 fully saturated rings. The van der Waals surface area contributed by atoms with Crippen LogP contribution in [0.15, 0.2) is 60.7 Å². The van der Waals surface area contributed by atoms with Gasteiger partial charge in [0, 0.05) is 5.41 Å². The van der Waals surface area contributed by atoms with Crippen molar-refractivity contribution in [1.82, 2.24) is 0 Å². The second-order valence-corrected chi connectivity index (χ2v) is 13.1. The van der Waals surface area contributed by atoms with Gasteiger partial charge in [0.05, 0.1) is 0 Å². The fourth-order valence-electron chi connectivity index (χ4n) is 9.44. The van der Waals surface area contributed by atoms with Gasteiger partial charge in [-0.05, 0) is 116 Å². The first-order valence-electron chi connectivity index (χ1n) is 15.1. The summed E-state index contributed by atoms with van der Waals surface area (Å²) in [7, 11) is 0. The molecule has 0 heterocycles. The van der Waals surface area contributed by atoms with Crippen LogP contribution in [0.4, 0.5) is 0 Å². The minimum absolute atomic E-state index is 0.0556. The summed E-state index contributed by atoms with van der Waals surface area (Å²) in [6.45, 7) is 2.47. The standard InChI is InChI=1S/C35H46O/c1-26-11-9-17-34(25-26)18-10-15-32-28(12-8-16-33(32)34)21-27-22-30(24-31(36)23-27)35(19-6-3-7-20-35)29-13-4-2-5-14-29/h2,4-5,9,13-14,17,22-24,26,28,32-33,36H,3,6-8,10-12,15-16,18-21,25H2,1H3. The van der Waals surface area contributed by atoms with Crippen LogP contribution in [0.2, 0.25) is 0 Å². The van der Waals surface area contributed by atoms with Gasteiger partial charge in [0.2, 0.25) is 0 Å². The molecule has 0 aromatic heterocycles. The summed E-state index contributed by atoms with van der Waals surface area (Å²) in [6.07, 6.45) is 23.7. The van der Waals surface area contributed by atoms with Gasteiger partial charge in [-0.25, -0.2) is 0 Å². The molecule has 1 N–H and O–H groups in total. The van der Waals surface area contributed by atoms with Gasteiger partial charge in [0.25, 0.3) is 0 Å². The third-order valence-electron chi connectivity index (χ3n) is 10.9. The largest absolute Gasteiger partial charge is 0.508 e. The summed E-state index contributed by atoms with van der Waals surface area (Å²) in [6, 6.07) is 17.8. The van der Waals surface area contributed by atoms with Gasteiger partial charge in [0.15, 0.2) is 0 Å². The van der Waals surface area contributed by atoms with Crippen molar-refractivity contribution in [3.05, 3.63) is 77.4 Å². The average Bonchev–Trinajstić information content (AvgIpc) is 2.90.